The summed E-state index contributed by atoms with van der Waals surface area (Å²) in [6.07, 6.45) is 8.82. The Morgan fingerprint density at radius 3 is 2.26 bits per heavy atom. The van der Waals surface area contributed by atoms with Crippen molar-refractivity contribution >= 4 is 30.8 Å². The molecule has 160 valence electrons. The number of carbonyl (C=O) groups excluding carboxylic acids is 1. The lowest BCUT2D eigenvalue weighted by atomic mass is 9.87. The van der Waals surface area contributed by atoms with Gasteiger partial charge in [0.15, 0.2) is 6.35 Å². The highest BCUT2D eigenvalue weighted by Crippen LogP contribution is 2.32. The van der Waals surface area contributed by atoms with Crippen LogP contribution in [0.2, 0.25) is 0 Å². The Balaban J connectivity index is 0.00000182. The highest BCUT2D eigenvalue weighted by atomic mass is 35.5. The summed E-state index contributed by atoms with van der Waals surface area (Å²) in [6.45, 7) is 5.60. The first-order valence-electron chi connectivity index (χ1n) is 10.1. The van der Waals surface area contributed by atoms with E-state index in [0.29, 0.717) is 6.61 Å². The minimum atomic E-state index is -0.0315. The van der Waals surface area contributed by atoms with Crippen LogP contribution in [0.1, 0.15) is 58.3 Å². The SMILES string of the molecule is CCOC(=O)[C@H]1CC[C@H](OC(N2CCCC2)N2CCCC2OC)CC1.Cl.Cl. The highest BCUT2D eigenvalue weighted by molar-refractivity contribution is 5.85. The third-order valence-electron chi connectivity index (χ3n) is 5.85. The van der Waals surface area contributed by atoms with Gasteiger partial charge in [-0.15, -0.1) is 24.8 Å². The molecule has 0 bridgehead atoms. The molecule has 8 heteroatoms. The largest absolute Gasteiger partial charge is 0.466 e. The topological polar surface area (TPSA) is 51.2 Å². The molecular weight excluding hydrogens is 391 g/mol. The van der Waals surface area contributed by atoms with Crippen LogP contribution in [0.25, 0.3) is 0 Å². The molecule has 0 aromatic carbocycles. The Morgan fingerprint density at radius 2 is 1.67 bits per heavy atom. The van der Waals surface area contributed by atoms with Crippen LogP contribution in [0.15, 0.2) is 0 Å². The third-order valence-corrected chi connectivity index (χ3v) is 5.85. The predicted octanol–water partition coefficient (Wildman–Crippen LogP) is 3.42. The molecule has 2 unspecified atom stereocenters. The molecule has 2 heterocycles. The molecule has 3 rings (SSSR count). The molecule has 0 spiro atoms. The van der Waals surface area contributed by atoms with Crippen molar-refractivity contribution in [1.82, 2.24) is 9.80 Å². The van der Waals surface area contributed by atoms with Gasteiger partial charge >= 0.3 is 5.97 Å². The van der Waals surface area contributed by atoms with E-state index in [-0.39, 0.29) is 55.4 Å². The fraction of sp³-hybridized carbons (Fsp3) is 0.947. The van der Waals surface area contributed by atoms with Crippen molar-refractivity contribution in [2.45, 2.75) is 77.0 Å². The molecule has 0 aromatic heterocycles. The molecule has 3 aliphatic rings. The summed E-state index contributed by atoms with van der Waals surface area (Å²) in [4.78, 5) is 16.8. The Labute approximate surface area is 176 Å². The second kappa shape index (κ2) is 12.5. The zero-order valence-electron chi connectivity index (χ0n) is 16.6. The second-order valence-corrected chi connectivity index (χ2v) is 7.50. The zero-order valence-corrected chi connectivity index (χ0v) is 18.3. The van der Waals surface area contributed by atoms with Gasteiger partial charge in [0.1, 0.15) is 6.23 Å². The lowest BCUT2D eigenvalue weighted by molar-refractivity contribution is -0.214. The molecule has 2 saturated heterocycles. The monoisotopic (exact) mass is 426 g/mol. The van der Waals surface area contributed by atoms with E-state index in [1.54, 1.807) is 7.11 Å². The number of ether oxygens (including phenoxy) is 3. The van der Waals surface area contributed by atoms with Gasteiger partial charge in [-0.2, -0.15) is 0 Å². The molecule has 0 radical (unpaired) electrons. The fourth-order valence-electron chi connectivity index (χ4n) is 4.47. The van der Waals surface area contributed by atoms with Crippen LogP contribution in [-0.2, 0) is 19.0 Å². The summed E-state index contributed by atoms with van der Waals surface area (Å²) in [6, 6.07) is 0. The van der Waals surface area contributed by atoms with Crippen LogP contribution in [0.4, 0.5) is 0 Å². The number of esters is 1. The van der Waals surface area contributed by atoms with Gasteiger partial charge in [-0.1, -0.05) is 0 Å². The average molecular weight is 427 g/mol. The molecular formula is C19H36Cl2N2O4. The highest BCUT2D eigenvalue weighted by Gasteiger charge is 2.38. The number of rotatable bonds is 7. The van der Waals surface area contributed by atoms with Gasteiger partial charge in [0, 0.05) is 26.7 Å². The smallest absolute Gasteiger partial charge is 0.308 e. The summed E-state index contributed by atoms with van der Waals surface area (Å²) in [7, 11) is 1.80. The summed E-state index contributed by atoms with van der Waals surface area (Å²) in [5.74, 6) is 0.0274. The molecule has 1 saturated carbocycles. The molecule has 1 aliphatic carbocycles. The first-order chi connectivity index (χ1) is 12.2. The van der Waals surface area contributed by atoms with Crippen LogP contribution < -0.4 is 0 Å². The van der Waals surface area contributed by atoms with Gasteiger partial charge in [0.25, 0.3) is 0 Å². The van der Waals surface area contributed by atoms with E-state index >= 15 is 0 Å². The lowest BCUT2D eigenvalue weighted by Crippen LogP contribution is -2.53. The van der Waals surface area contributed by atoms with Crippen molar-refractivity contribution in [1.29, 1.82) is 0 Å². The number of methoxy groups -OCH3 is 1. The minimum Gasteiger partial charge on any atom is -0.466 e. The maximum Gasteiger partial charge on any atom is 0.308 e. The molecule has 2 aliphatic heterocycles. The van der Waals surface area contributed by atoms with Crippen molar-refractivity contribution < 1.29 is 19.0 Å². The van der Waals surface area contributed by atoms with Crippen molar-refractivity contribution in [3.8, 4) is 0 Å². The molecule has 3 fully saturated rings. The first kappa shape index (κ1) is 24.9. The van der Waals surface area contributed by atoms with E-state index in [4.69, 9.17) is 14.2 Å². The van der Waals surface area contributed by atoms with E-state index in [2.05, 4.69) is 9.80 Å². The number of halogens is 2. The number of hydrogen-bond acceptors (Lipinski definition) is 6. The summed E-state index contributed by atoms with van der Waals surface area (Å²) >= 11 is 0. The molecule has 0 aromatic rings. The summed E-state index contributed by atoms with van der Waals surface area (Å²) in [5.41, 5.74) is 0. The van der Waals surface area contributed by atoms with Crippen LogP contribution in [-0.4, -0.2) is 67.8 Å². The van der Waals surface area contributed by atoms with Crippen molar-refractivity contribution in [2.24, 2.45) is 5.92 Å². The Hall–Kier alpha value is -0.110. The van der Waals surface area contributed by atoms with Gasteiger partial charge in [-0.3, -0.25) is 9.69 Å². The van der Waals surface area contributed by atoms with Gasteiger partial charge in [-0.25, -0.2) is 4.90 Å². The predicted molar refractivity (Wildman–Crippen MR) is 109 cm³/mol. The van der Waals surface area contributed by atoms with E-state index in [1.807, 2.05) is 6.92 Å². The molecule has 27 heavy (non-hydrogen) atoms. The Morgan fingerprint density at radius 1 is 1.00 bits per heavy atom. The van der Waals surface area contributed by atoms with E-state index in [9.17, 15) is 4.79 Å². The number of nitrogens with zero attached hydrogens (tertiary/aromatic N) is 2. The van der Waals surface area contributed by atoms with Crippen LogP contribution >= 0.6 is 24.8 Å². The van der Waals surface area contributed by atoms with Gasteiger partial charge < -0.3 is 14.2 Å². The first-order valence-corrected chi connectivity index (χ1v) is 10.1. The molecule has 6 nitrogen and oxygen atoms in total. The van der Waals surface area contributed by atoms with E-state index in [1.165, 1.54) is 19.3 Å². The second-order valence-electron chi connectivity index (χ2n) is 7.50. The van der Waals surface area contributed by atoms with E-state index < -0.39 is 0 Å². The quantitative estimate of drug-likeness (QED) is 0.581. The van der Waals surface area contributed by atoms with Crippen molar-refractivity contribution in [3.63, 3.8) is 0 Å². The number of likely N-dealkylation sites (tertiary alicyclic amines) is 2. The van der Waals surface area contributed by atoms with Crippen LogP contribution in [0.3, 0.4) is 0 Å². The minimum absolute atomic E-state index is 0. The summed E-state index contributed by atoms with van der Waals surface area (Å²) in [5, 5.41) is 0. The number of carbonyl (C=O) groups is 1. The molecule has 2 atom stereocenters. The van der Waals surface area contributed by atoms with Crippen LogP contribution in [0, 0.1) is 5.92 Å². The maximum absolute atomic E-state index is 11.9. The lowest BCUT2D eigenvalue weighted by Gasteiger charge is -2.40. The summed E-state index contributed by atoms with van der Waals surface area (Å²) < 4.78 is 17.5. The fourth-order valence-corrected chi connectivity index (χ4v) is 4.47. The van der Waals surface area contributed by atoms with Gasteiger partial charge in [0.2, 0.25) is 0 Å². The number of hydrogen-bond donors (Lipinski definition) is 0. The van der Waals surface area contributed by atoms with Crippen LogP contribution in [0.5, 0.6) is 0 Å². The third kappa shape index (κ3) is 6.44. The normalized spacial score (nSPS) is 30.4. The van der Waals surface area contributed by atoms with Gasteiger partial charge in [0.05, 0.1) is 18.6 Å². The Kier molecular flexibility index (Phi) is 11.5. The van der Waals surface area contributed by atoms with E-state index in [0.717, 1.165) is 51.7 Å². The zero-order chi connectivity index (χ0) is 17.6. The standard InChI is InChI=1S/C19H34N2O4.2ClH/c1-3-24-18(22)15-8-10-16(11-9-15)25-19(20-12-4-5-13-20)21-14-6-7-17(21)23-2;;/h15-17,19H,3-14H2,1-2H3;2*1H/t15-,16-,17?,19?;;. The Bertz CT molecular complexity index is 430. The van der Waals surface area contributed by atoms with Gasteiger partial charge in [-0.05, 0) is 58.3 Å². The maximum atomic E-state index is 11.9. The average Bonchev–Trinajstić information content (AvgIpc) is 3.32. The molecule has 0 N–H and O–H groups in total. The van der Waals surface area contributed by atoms with Crippen molar-refractivity contribution in [3.05, 3.63) is 0 Å². The van der Waals surface area contributed by atoms with Crippen molar-refractivity contribution in [2.75, 3.05) is 33.4 Å². The molecule has 0 amide bonds.